The number of nitrogens with zero attached hydrogens (tertiary/aromatic N) is 2. The molecule has 0 aromatic heterocycles. The van der Waals surface area contributed by atoms with Gasteiger partial charge in [-0.05, 0) is 42.5 Å². The van der Waals surface area contributed by atoms with Gasteiger partial charge >= 0.3 is 0 Å². The van der Waals surface area contributed by atoms with E-state index in [0.29, 0.717) is 5.91 Å². The first-order chi connectivity index (χ1) is 13.2. The Balaban J connectivity index is 1.46. The molecule has 2 bridgehead atoms. The van der Waals surface area contributed by atoms with E-state index in [1.54, 1.807) is 7.11 Å². The van der Waals surface area contributed by atoms with Crippen LogP contribution in [0.5, 0.6) is 5.75 Å². The summed E-state index contributed by atoms with van der Waals surface area (Å²) in [5.41, 5.74) is 0.924. The number of hydrogen-bond acceptors (Lipinski definition) is 3. The molecule has 154 valence electrons. The van der Waals surface area contributed by atoms with Crippen molar-refractivity contribution < 1.29 is 9.53 Å². The Hall–Kier alpha value is -0.270. The van der Waals surface area contributed by atoms with Crippen LogP contribution in [-0.2, 0) is 4.79 Å². The molecule has 0 radical (unpaired) electrons. The molecule has 4 aliphatic rings. The van der Waals surface area contributed by atoms with Crippen molar-refractivity contribution in [1.82, 2.24) is 4.90 Å². The zero-order valence-corrected chi connectivity index (χ0v) is 21.3. The van der Waals surface area contributed by atoms with Crippen molar-refractivity contribution in [2.45, 2.75) is 35.3 Å². The van der Waals surface area contributed by atoms with Crippen molar-refractivity contribution in [3.8, 4) is 5.75 Å². The monoisotopic (exact) mass is 576 g/mol. The van der Waals surface area contributed by atoms with Crippen LogP contribution in [0.2, 0.25) is 0 Å². The highest BCUT2D eigenvalue weighted by Gasteiger charge is 2.83. The lowest BCUT2D eigenvalue weighted by atomic mass is 9.43. The second kappa shape index (κ2) is 7.16. The Kier molecular flexibility index (Phi) is 5.36. The molecule has 1 aromatic rings. The van der Waals surface area contributed by atoms with Crippen molar-refractivity contribution >= 4 is 59.4 Å². The first-order valence-corrected chi connectivity index (χ1v) is 12.6. The summed E-state index contributed by atoms with van der Waals surface area (Å²) in [5.74, 6) is 1.20. The van der Waals surface area contributed by atoms with Crippen LogP contribution in [-0.4, -0.2) is 52.7 Å². The summed E-state index contributed by atoms with van der Waals surface area (Å²) in [6.07, 6.45) is 2.02. The molecule has 1 heterocycles. The maximum Gasteiger partial charge on any atom is 0.230 e. The molecule has 3 aliphatic carbocycles. The summed E-state index contributed by atoms with van der Waals surface area (Å²) >= 11 is 11.5. The highest BCUT2D eigenvalue weighted by molar-refractivity contribution is 9.24. The first-order valence-electron chi connectivity index (χ1n) is 9.83. The average Bonchev–Trinajstić information content (AvgIpc) is 3.17. The van der Waals surface area contributed by atoms with Crippen molar-refractivity contribution in [2.75, 3.05) is 38.2 Å². The summed E-state index contributed by atoms with van der Waals surface area (Å²) < 4.78 is 5.46. The van der Waals surface area contributed by atoms with Gasteiger partial charge in [-0.25, -0.2) is 0 Å². The van der Waals surface area contributed by atoms with E-state index in [1.807, 2.05) is 12.1 Å². The molecule has 3 atom stereocenters. The molecule has 7 heteroatoms. The summed E-state index contributed by atoms with van der Waals surface area (Å²) in [6, 6.07) is 8.17. The zero-order chi connectivity index (χ0) is 20.3. The van der Waals surface area contributed by atoms with Gasteiger partial charge in [-0.15, -0.1) is 0 Å². The van der Waals surface area contributed by atoms with Gasteiger partial charge in [-0.2, -0.15) is 0 Å². The highest BCUT2D eigenvalue weighted by atomic mass is 79.9. The third-order valence-electron chi connectivity index (χ3n) is 7.87. The van der Waals surface area contributed by atoms with Gasteiger partial charge in [0.2, 0.25) is 5.91 Å². The van der Waals surface area contributed by atoms with Crippen LogP contribution in [0.3, 0.4) is 0 Å². The number of benzene rings is 1. The lowest BCUT2D eigenvalue weighted by Crippen LogP contribution is -2.73. The fourth-order valence-corrected chi connectivity index (χ4v) is 10.8. The minimum absolute atomic E-state index is 0.0456. The second-order valence-electron chi connectivity index (χ2n) is 8.78. The largest absolute Gasteiger partial charge is 0.497 e. The number of hydrogen-bond donors (Lipinski definition) is 0. The predicted octanol–water partition coefficient (Wildman–Crippen LogP) is 5.03. The standard InChI is InChI=1S/C21H27Br3N2O2/c1-19(2)20(17(23)24)8-9-21(19,16(20)22)18(27)26-12-10-25(11-13-26)14-4-6-15(28-3)7-5-14/h4-7,16-17H,8-13H2,1-3H3. The number of methoxy groups -OCH3 is 1. The number of carbonyl (C=O) groups excluding carboxylic acids is 1. The van der Waals surface area contributed by atoms with E-state index in [-0.39, 0.29) is 24.8 Å². The molecule has 5 rings (SSSR count). The first kappa shape index (κ1) is 21.0. The number of anilines is 1. The molecule has 3 unspecified atom stereocenters. The number of halogens is 3. The Morgan fingerprint density at radius 3 is 2.18 bits per heavy atom. The molecule has 3 saturated carbocycles. The van der Waals surface area contributed by atoms with Gasteiger partial charge in [-0.1, -0.05) is 61.6 Å². The fraction of sp³-hybridized carbons (Fsp3) is 0.667. The van der Waals surface area contributed by atoms with Crippen molar-refractivity contribution in [2.24, 2.45) is 16.2 Å². The smallest absolute Gasteiger partial charge is 0.230 e. The van der Waals surface area contributed by atoms with Crippen LogP contribution in [0.15, 0.2) is 24.3 Å². The average molecular weight is 579 g/mol. The molecule has 1 aliphatic heterocycles. The normalized spacial score (nSPS) is 33.8. The molecule has 0 N–H and O–H groups in total. The third-order valence-corrected chi connectivity index (χ3v) is 11.1. The summed E-state index contributed by atoms with van der Waals surface area (Å²) in [6.45, 7) is 7.85. The van der Waals surface area contributed by atoms with E-state index in [0.717, 1.165) is 44.8 Å². The van der Waals surface area contributed by atoms with Crippen LogP contribution in [0.25, 0.3) is 0 Å². The zero-order valence-electron chi connectivity index (χ0n) is 16.6. The lowest BCUT2D eigenvalue weighted by Gasteiger charge is -2.67. The van der Waals surface area contributed by atoms with E-state index < -0.39 is 0 Å². The van der Waals surface area contributed by atoms with Gasteiger partial charge in [0, 0.05) is 42.1 Å². The lowest BCUT2D eigenvalue weighted by molar-refractivity contribution is -0.173. The third kappa shape index (κ3) is 2.54. The van der Waals surface area contributed by atoms with Gasteiger partial charge in [-0.3, -0.25) is 4.79 Å². The fourth-order valence-electron chi connectivity index (χ4n) is 5.91. The molecule has 0 spiro atoms. The van der Waals surface area contributed by atoms with Gasteiger partial charge in [0.25, 0.3) is 0 Å². The minimum Gasteiger partial charge on any atom is -0.497 e. The number of ether oxygens (including phenoxy) is 1. The Morgan fingerprint density at radius 2 is 1.71 bits per heavy atom. The number of piperazine rings is 1. The highest BCUT2D eigenvalue weighted by Crippen LogP contribution is 2.82. The van der Waals surface area contributed by atoms with Crippen LogP contribution in [0.1, 0.15) is 26.7 Å². The van der Waals surface area contributed by atoms with Crippen LogP contribution >= 0.6 is 47.8 Å². The molecule has 1 saturated heterocycles. The van der Waals surface area contributed by atoms with Gasteiger partial charge in [0.1, 0.15) is 5.75 Å². The van der Waals surface area contributed by atoms with Gasteiger partial charge in [0.15, 0.2) is 0 Å². The number of fused-ring (bicyclic) bond motifs is 1. The quantitative estimate of drug-likeness (QED) is 0.470. The summed E-state index contributed by atoms with van der Waals surface area (Å²) in [5, 5.41) is 0. The molecule has 4 fully saturated rings. The molecular weight excluding hydrogens is 552 g/mol. The Bertz CT molecular complexity index is 761. The topological polar surface area (TPSA) is 32.8 Å². The van der Waals surface area contributed by atoms with E-state index >= 15 is 0 Å². The number of amides is 1. The summed E-state index contributed by atoms with van der Waals surface area (Å²) in [7, 11) is 1.68. The Morgan fingerprint density at radius 1 is 1.11 bits per heavy atom. The van der Waals surface area contributed by atoms with Crippen LogP contribution in [0.4, 0.5) is 5.69 Å². The van der Waals surface area contributed by atoms with Crippen molar-refractivity contribution in [3.05, 3.63) is 24.3 Å². The molecule has 4 nitrogen and oxygen atoms in total. The molecular formula is C21H27Br3N2O2. The van der Waals surface area contributed by atoms with Gasteiger partial charge in [0.05, 0.1) is 16.3 Å². The number of alkyl halides is 3. The van der Waals surface area contributed by atoms with Crippen LogP contribution < -0.4 is 9.64 Å². The Labute approximate surface area is 192 Å². The SMILES string of the molecule is COc1ccc(N2CCN(C(=O)C34CCC(C(Br)Br)(C3Br)C4(C)C)CC2)cc1. The molecule has 1 aromatic carbocycles. The van der Waals surface area contributed by atoms with Crippen LogP contribution in [0, 0.1) is 16.2 Å². The minimum atomic E-state index is -0.297. The second-order valence-corrected chi connectivity index (χ2v) is 12.8. The maximum absolute atomic E-state index is 13.7. The summed E-state index contributed by atoms with van der Waals surface area (Å²) in [4.78, 5) is 18.4. The van der Waals surface area contributed by atoms with E-state index in [1.165, 1.54) is 5.69 Å². The van der Waals surface area contributed by atoms with E-state index in [2.05, 4.69) is 83.6 Å². The van der Waals surface area contributed by atoms with E-state index in [9.17, 15) is 4.79 Å². The maximum atomic E-state index is 13.7. The van der Waals surface area contributed by atoms with E-state index in [4.69, 9.17) is 4.74 Å². The molecule has 28 heavy (non-hydrogen) atoms. The van der Waals surface area contributed by atoms with Crippen molar-refractivity contribution in [3.63, 3.8) is 0 Å². The number of carbonyl (C=O) groups is 1. The number of rotatable bonds is 4. The van der Waals surface area contributed by atoms with Crippen molar-refractivity contribution in [1.29, 1.82) is 0 Å². The van der Waals surface area contributed by atoms with Gasteiger partial charge < -0.3 is 14.5 Å². The molecule has 1 amide bonds. The predicted molar refractivity (Wildman–Crippen MR) is 124 cm³/mol.